The average Bonchev–Trinajstić information content (AvgIpc) is 3.28. The Kier molecular flexibility index (Phi) is 3.49. The number of rotatable bonds is 4. The number of carboxylic acids is 1. The third-order valence-corrected chi connectivity index (χ3v) is 8.40. The van der Waals surface area contributed by atoms with Crippen LogP contribution < -0.4 is 4.87 Å². The van der Waals surface area contributed by atoms with Crippen molar-refractivity contribution in [1.29, 1.82) is 0 Å². The molecule has 1 aromatic rings. The Labute approximate surface area is 156 Å². The quantitative estimate of drug-likeness (QED) is 0.750. The van der Waals surface area contributed by atoms with Gasteiger partial charge in [-0.3, -0.25) is 24.1 Å². The Morgan fingerprint density at radius 3 is 2.81 bits per heavy atom. The highest BCUT2D eigenvalue weighted by atomic mass is 32.2. The van der Waals surface area contributed by atoms with Crippen molar-refractivity contribution in [3.63, 3.8) is 0 Å². The number of aromatic amines is 1. The van der Waals surface area contributed by atoms with Gasteiger partial charge in [-0.05, 0) is 30.8 Å². The summed E-state index contributed by atoms with van der Waals surface area (Å²) in [6.07, 6.45) is 3.14. The second-order valence-electron chi connectivity index (χ2n) is 7.27. The van der Waals surface area contributed by atoms with Crippen molar-refractivity contribution in [3.05, 3.63) is 20.1 Å². The summed E-state index contributed by atoms with van der Waals surface area (Å²) in [5.41, 5.74) is 1.19. The summed E-state index contributed by atoms with van der Waals surface area (Å²) in [4.78, 5) is 53.0. The zero-order chi connectivity index (χ0) is 18.2. The molecule has 2 aliphatic heterocycles. The molecule has 2 aliphatic carbocycles. The average molecular weight is 392 g/mol. The van der Waals surface area contributed by atoms with Gasteiger partial charge in [-0.25, -0.2) is 0 Å². The fourth-order valence-corrected chi connectivity index (χ4v) is 7.53. The second kappa shape index (κ2) is 5.56. The highest BCUT2D eigenvalue weighted by Gasteiger charge is 2.66. The van der Waals surface area contributed by atoms with E-state index in [0.29, 0.717) is 6.42 Å². The fraction of sp³-hybridized carbons (Fsp3) is 0.529. The molecule has 0 aromatic carbocycles. The molecule has 4 aliphatic rings. The molecule has 0 radical (unpaired) electrons. The molecule has 1 saturated heterocycles. The summed E-state index contributed by atoms with van der Waals surface area (Å²) in [7, 11) is 0. The van der Waals surface area contributed by atoms with Crippen LogP contribution in [0.4, 0.5) is 0 Å². The Bertz CT molecular complexity index is 932. The molecule has 2 N–H and O–H groups in total. The first kappa shape index (κ1) is 16.3. The van der Waals surface area contributed by atoms with Crippen molar-refractivity contribution < 1.29 is 19.5 Å². The molecule has 26 heavy (non-hydrogen) atoms. The predicted molar refractivity (Wildman–Crippen MR) is 94.7 cm³/mol. The molecule has 2 saturated carbocycles. The number of carbonyl (C=O) groups is 3. The van der Waals surface area contributed by atoms with Gasteiger partial charge in [-0.15, -0.1) is 0 Å². The molecule has 7 nitrogen and oxygen atoms in total. The molecule has 9 heteroatoms. The van der Waals surface area contributed by atoms with E-state index >= 15 is 0 Å². The number of aliphatic carboxylic acids is 1. The number of fused-ring (bicyclic) bond motifs is 9. The van der Waals surface area contributed by atoms with Gasteiger partial charge in [0.25, 0.3) is 0 Å². The van der Waals surface area contributed by atoms with Gasteiger partial charge in [0.2, 0.25) is 11.8 Å². The van der Waals surface area contributed by atoms with E-state index in [1.54, 1.807) is 11.8 Å². The molecule has 3 fully saturated rings. The first-order valence-corrected chi connectivity index (χ1v) is 10.3. The van der Waals surface area contributed by atoms with E-state index in [2.05, 4.69) is 4.98 Å². The third kappa shape index (κ3) is 2.13. The van der Waals surface area contributed by atoms with Crippen LogP contribution in [0.25, 0.3) is 6.08 Å². The van der Waals surface area contributed by atoms with Crippen molar-refractivity contribution in [3.8, 4) is 0 Å². The summed E-state index contributed by atoms with van der Waals surface area (Å²) in [5.74, 6) is -1.63. The van der Waals surface area contributed by atoms with Crippen molar-refractivity contribution >= 4 is 47.0 Å². The first-order chi connectivity index (χ1) is 12.5. The number of imide groups is 1. The van der Waals surface area contributed by atoms with Crippen LogP contribution in [0.2, 0.25) is 0 Å². The van der Waals surface area contributed by atoms with Gasteiger partial charge in [0.1, 0.15) is 0 Å². The number of nitrogens with zero attached hydrogens (tertiary/aromatic N) is 1. The van der Waals surface area contributed by atoms with Crippen molar-refractivity contribution in [1.82, 2.24) is 9.88 Å². The van der Waals surface area contributed by atoms with Gasteiger partial charge in [0.05, 0.1) is 21.7 Å². The number of thiazole rings is 1. The zero-order valence-electron chi connectivity index (χ0n) is 13.6. The van der Waals surface area contributed by atoms with Crippen molar-refractivity contribution in [2.24, 2.45) is 23.7 Å². The normalized spacial score (nSPS) is 33.9. The number of H-pyrrole nitrogens is 1. The molecule has 0 unspecified atom stereocenters. The van der Waals surface area contributed by atoms with E-state index in [0.717, 1.165) is 16.3 Å². The van der Waals surface area contributed by atoms with Gasteiger partial charge < -0.3 is 10.1 Å². The van der Waals surface area contributed by atoms with Crippen molar-refractivity contribution in [2.75, 3.05) is 6.54 Å². The number of amides is 2. The number of thioether (sulfide) groups is 1. The van der Waals surface area contributed by atoms with E-state index < -0.39 is 5.97 Å². The zero-order valence-corrected chi connectivity index (χ0v) is 15.3. The highest BCUT2D eigenvalue weighted by Crippen LogP contribution is 2.64. The molecule has 0 spiro atoms. The molecular weight excluding hydrogens is 376 g/mol. The number of aromatic nitrogens is 1. The number of carbonyl (C=O) groups excluding carboxylic acids is 2. The highest BCUT2D eigenvalue weighted by molar-refractivity contribution is 8.00. The Balaban J connectivity index is 1.43. The third-order valence-electron chi connectivity index (χ3n) is 6.01. The Morgan fingerprint density at radius 2 is 2.04 bits per heavy atom. The topological polar surface area (TPSA) is 108 Å². The van der Waals surface area contributed by atoms with E-state index in [1.165, 1.54) is 21.8 Å². The van der Waals surface area contributed by atoms with Crippen LogP contribution >= 0.6 is 23.1 Å². The number of hydrogen-bond donors (Lipinski definition) is 2. The maximum atomic E-state index is 12.9. The lowest BCUT2D eigenvalue weighted by Crippen LogP contribution is -2.35. The van der Waals surface area contributed by atoms with Gasteiger partial charge in [-0.1, -0.05) is 28.7 Å². The lowest BCUT2D eigenvalue weighted by Gasteiger charge is -2.32. The number of carboxylic acid groups (broad SMARTS) is 1. The largest absolute Gasteiger partial charge is 0.481 e. The summed E-state index contributed by atoms with van der Waals surface area (Å²) in [5, 5.41) is 9.79. The number of nitrogens with one attached hydrogen (secondary N) is 1. The van der Waals surface area contributed by atoms with Gasteiger partial charge >= 0.3 is 10.8 Å². The minimum absolute atomic E-state index is 0.0452. The van der Waals surface area contributed by atoms with Crippen LogP contribution in [0.5, 0.6) is 0 Å². The SMILES string of the molecule is O=C(O)CCCN1C(=O)[C@@H]2[C@@H](C1=O)[C@H]1C[C@H]2C2=Cc3sc(=O)[nH]c3S[C@H]21. The van der Waals surface area contributed by atoms with Crippen LogP contribution in [0.1, 0.15) is 24.1 Å². The molecule has 5 atom stereocenters. The van der Waals surface area contributed by atoms with Gasteiger partial charge in [0.15, 0.2) is 0 Å². The molecule has 2 bridgehead atoms. The number of likely N-dealkylation sites (tertiary alicyclic amines) is 1. The van der Waals surface area contributed by atoms with Crippen LogP contribution in [0.15, 0.2) is 15.4 Å². The predicted octanol–water partition coefficient (Wildman–Crippen LogP) is 1.41. The minimum atomic E-state index is -0.919. The standard InChI is InChI=1S/C17H16N2O5S2/c20-10(21)2-1-3-19-15(22)11-6-4-8(12(11)16(19)23)13-7(6)5-9-14(26-13)18-17(24)25-9/h5-6,8,11-13H,1-4H2,(H,18,24)(H,20,21)/t6-,8+,11-,12-,13+/m0/s1. The molecule has 5 rings (SSSR count). The lowest BCUT2D eigenvalue weighted by molar-refractivity contribution is -0.142. The Morgan fingerprint density at radius 1 is 1.27 bits per heavy atom. The van der Waals surface area contributed by atoms with Crippen LogP contribution in [0, 0.1) is 23.7 Å². The van der Waals surface area contributed by atoms with Gasteiger partial charge in [-0.2, -0.15) is 0 Å². The van der Waals surface area contributed by atoms with E-state index in [9.17, 15) is 19.2 Å². The van der Waals surface area contributed by atoms with Crippen molar-refractivity contribution in [2.45, 2.75) is 29.5 Å². The maximum absolute atomic E-state index is 12.9. The van der Waals surface area contributed by atoms with E-state index in [4.69, 9.17) is 5.11 Å². The summed E-state index contributed by atoms with van der Waals surface area (Å²) in [6.45, 7) is 0.188. The molecule has 1 aromatic heterocycles. The molecular formula is C17H16N2O5S2. The first-order valence-electron chi connectivity index (χ1n) is 8.64. The molecule has 136 valence electrons. The second-order valence-corrected chi connectivity index (χ2v) is 9.44. The van der Waals surface area contributed by atoms with Gasteiger partial charge in [0, 0.05) is 18.2 Å². The van der Waals surface area contributed by atoms with Crippen LogP contribution in [-0.4, -0.2) is 44.6 Å². The van der Waals surface area contributed by atoms with E-state index in [1.807, 2.05) is 6.08 Å². The minimum Gasteiger partial charge on any atom is -0.481 e. The monoisotopic (exact) mass is 392 g/mol. The lowest BCUT2D eigenvalue weighted by atomic mass is 9.77. The number of hydrogen-bond acceptors (Lipinski definition) is 6. The smallest absolute Gasteiger partial charge is 0.305 e. The molecule has 2 amide bonds. The summed E-state index contributed by atoms with van der Waals surface area (Å²) in [6, 6.07) is 0. The van der Waals surface area contributed by atoms with Crippen LogP contribution in [0.3, 0.4) is 0 Å². The molecule has 3 heterocycles. The summed E-state index contributed by atoms with van der Waals surface area (Å²) < 4.78 is 0. The van der Waals surface area contributed by atoms with Crippen LogP contribution in [-0.2, 0) is 14.4 Å². The maximum Gasteiger partial charge on any atom is 0.305 e. The summed E-state index contributed by atoms with van der Waals surface area (Å²) >= 11 is 2.79. The fourth-order valence-electron chi connectivity index (χ4n) is 5.09. The Hall–Kier alpha value is -1.87. The van der Waals surface area contributed by atoms with E-state index in [-0.39, 0.29) is 58.6 Å².